The molecule has 0 rings (SSSR count). The molecule has 0 fully saturated rings. The second-order valence-electron chi connectivity index (χ2n) is 4.61. The topological polar surface area (TPSA) is 0 Å². The summed E-state index contributed by atoms with van der Waals surface area (Å²) in [5.74, 6) is 0. The first-order valence-electron chi connectivity index (χ1n) is 4.06. The normalized spacial score (nSPS) is 15.0. The molecule has 0 aliphatic carbocycles. The van der Waals surface area contributed by atoms with Crippen LogP contribution in [-0.4, -0.2) is 21.6 Å². The van der Waals surface area contributed by atoms with E-state index in [0.717, 1.165) is 0 Å². The van der Waals surface area contributed by atoms with Crippen molar-refractivity contribution < 1.29 is 0 Å². The van der Waals surface area contributed by atoms with Crippen LogP contribution in [0.4, 0.5) is 0 Å². The van der Waals surface area contributed by atoms with Crippen molar-refractivity contribution in [3.63, 3.8) is 0 Å². The molecule has 0 nitrogen and oxygen atoms in total. The first-order chi connectivity index (χ1) is 4.27. The molecule has 0 aromatic heterocycles. The van der Waals surface area contributed by atoms with E-state index < -0.39 is 6.54 Å². The second-order valence-corrected chi connectivity index (χ2v) is 22.6. The summed E-state index contributed by atoms with van der Waals surface area (Å²) in [6.07, 6.45) is 0. The van der Waals surface area contributed by atoms with Crippen molar-refractivity contribution in [2.24, 2.45) is 0 Å². The van der Waals surface area contributed by atoms with Crippen LogP contribution in [0.2, 0.25) is 23.3 Å². The van der Waals surface area contributed by atoms with Gasteiger partial charge in [0.15, 0.2) is 0 Å². The van der Waals surface area contributed by atoms with E-state index in [2.05, 4.69) is 40.8 Å². The van der Waals surface area contributed by atoms with E-state index in [9.17, 15) is 0 Å². The van der Waals surface area contributed by atoms with Crippen molar-refractivity contribution in [2.45, 2.75) is 51.0 Å². The van der Waals surface area contributed by atoms with Gasteiger partial charge >= 0.3 is 72.7 Å². The van der Waals surface area contributed by atoms with Gasteiger partial charge < -0.3 is 0 Å². The Labute approximate surface area is 72.9 Å². The van der Waals surface area contributed by atoms with Crippen LogP contribution in [-0.2, 0) is 0 Å². The van der Waals surface area contributed by atoms with Crippen LogP contribution in [0.3, 0.4) is 0 Å². The van der Waals surface area contributed by atoms with Gasteiger partial charge in [-0.05, 0) is 0 Å². The summed E-state index contributed by atoms with van der Waals surface area (Å²) in [5, 5.41) is 0. The maximum absolute atomic E-state index is 2.54. The van der Waals surface area contributed by atoms with Gasteiger partial charge in [0.05, 0.1) is 0 Å². The van der Waals surface area contributed by atoms with Crippen molar-refractivity contribution in [3.05, 3.63) is 0 Å². The number of hydrogen-bond donors (Lipinski definition) is 0. The third-order valence-electron chi connectivity index (χ3n) is 1.60. The summed E-state index contributed by atoms with van der Waals surface area (Å²) in [6.45, 7) is 14.0. The van der Waals surface area contributed by atoms with E-state index in [1.807, 2.05) is 0 Å². The van der Waals surface area contributed by atoms with Gasteiger partial charge in [0.25, 0.3) is 0 Å². The Balaban J connectivity index is 3.89. The molecule has 1 unspecified atom stereocenters. The number of hydrogen-bond acceptors (Lipinski definition) is 0. The van der Waals surface area contributed by atoms with Crippen molar-refractivity contribution >= 4 is 21.6 Å². The Morgan fingerprint density at radius 3 is 1.70 bits per heavy atom. The van der Waals surface area contributed by atoms with Crippen LogP contribution < -0.4 is 0 Å². The Bertz CT molecular complexity index is 102. The van der Waals surface area contributed by atoms with Crippen LogP contribution in [0, 0.1) is 0 Å². The minimum atomic E-state index is -0.688. The fraction of sp³-hybridized carbons (Fsp3) is 1.00. The molecule has 0 bridgehead atoms. The molecule has 10 heavy (non-hydrogen) atoms. The van der Waals surface area contributed by atoms with Gasteiger partial charge in [-0.2, -0.15) is 0 Å². The quantitative estimate of drug-likeness (QED) is 0.628. The van der Waals surface area contributed by atoms with E-state index in [-0.39, 0.29) is 0 Å². The molecule has 62 valence electrons. The summed E-state index contributed by atoms with van der Waals surface area (Å²) in [7, 11) is 0. The Morgan fingerprint density at radius 1 is 1.20 bits per heavy atom. The zero-order valence-electron chi connectivity index (χ0n) is 8.21. The van der Waals surface area contributed by atoms with Crippen LogP contribution in [0.5, 0.6) is 0 Å². The SMILES string of the molecule is CC[Si](C)(C)[AsH]C(C)(C)C. The van der Waals surface area contributed by atoms with Crippen molar-refractivity contribution in [1.29, 1.82) is 0 Å². The third kappa shape index (κ3) is 5.55. The Morgan fingerprint density at radius 2 is 1.60 bits per heavy atom. The van der Waals surface area contributed by atoms with E-state index in [0.29, 0.717) is 19.3 Å². The standard InChI is InChI=1S/C8H21AsSi/c1-7-10(5,6)9-8(2,3)4/h9H,7H2,1-6H3. The van der Waals surface area contributed by atoms with Crippen LogP contribution in [0.15, 0.2) is 0 Å². The zero-order chi connectivity index (χ0) is 8.41. The second kappa shape index (κ2) is 3.45. The first kappa shape index (κ1) is 10.8. The molecule has 0 radical (unpaired) electrons. The predicted octanol–water partition coefficient (Wildman–Crippen LogP) is 2.87. The van der Waals surface area contributed by atoms with E-state index in [4.69, 9.17) is 0 Å². The van der Waals surface area contributed by atoms with Crippen LogP contribution in [0.25, 0.3) is 0 Å². The molecule has 0 saturated heterocycles. The Hall–Kier alpha value is 0.775. The summed E-state index contributed by atoms with van der Waals surface area (Å²) in [6, 6.07) is 1.48. The molecule has 0 spiro atoms. The molecule has 0 aliphatic heterocycles. The zero-order valence-corrected chi connectivity index (χ0v) is 11.3. The van der Waals surface area contributed by atoms with Gasteiger partial charge in [-0.15, -0.1) is 0 Å². The fourth-order valence-corrected chi connectivity index (χ4v) is 17.2. The van der Waals surface area contributed by atoms with Crippen LogP contribution in [0.1, 0.15) is 27.7 Å². The molecule has 1 atom stereocenters. The Kier molecular flexibility index (Phi) is 3.72. The van der Waals surface area contributed by atoms with Gasteiger partial charge in [0.2, 0.25) is 0 Å². The molecule has 0 aliphatic rings. The molecule has 0 N–H and O–H groups in total. The van der Waals surface area contributed by atoms with Gasteiger partial charge in [-0.3, -0.25) is 0 Å². The maximum atomic E-state index is 2.54. The molecule has 0 amide bonds. The van der Waals surface area contributed by atoms with Gasteiger partial charge in [0, 0.05) is 0 Å². The van der Waals surface area contributed by atoms with E-state index >= 15 is 0 Å². The van der Waals surface area contributed by atoms with Gasteiger partial charge in [-0.1, -0.05) is 0 Å². The molecule has 0 heterocycles. The van der Waals surface area contributed by atoms with E-state index in [1.165, 1.54) is 6.04 Å². The average molecular weight is 220 g/mol. The average Bonchev–Trinajstić information content (AvgIpc) is 1.60. The number of rotatable bonds is 2. The summed E-state index contributed by atoms with van der Waals surface area (Å²) in [5.41, 5.74) is 0. The fourth-order valence-electron chi connectivity index (χ4n) is 1.10. The summed E-state index contributed by atoms with van der Waals surface area (Å²) in [4.78, 5) is 0. The predicted molar refractivity (Wildman–Crippen MR) is 54.8 cm³/mol. The van der Waals surface area contributed by atoms with Crippen molar-refractivity contribution in [3.8, 4) is 0 Å². The van der Waals surface area contributed by atoms with Crippen LogP contribution >= 0.6 is 0 Å². The molecule has 0 aromatic carbocycles. The molecular formula is C8H21AsSi. The third-order valence-corrected chi connectivity index (χ3v) is 16.0. The van der Waals surface area contributed by atoms with E-state index in [1.54, 1.807) is 0 Å². The molecule has 2 heteroatoms. The molecule has 0 aromatic rings. The van der Waals surface area contributed by atoms with Crippen molar-refractivity contribution in [1.82, 2.24) is 0 Å². The first-order valence-corrected chi connectivity index (χ1v) is 11.5. The molecular weight excluding hydrogens is 199 g/mol. The summed E-state index contributed by atoms with van der Waals surface area (Å²) < 4.78 is 0.672. The van der Waals surface area contributed by atoms with Gasteiger partial charge in [0.1, 0.15) is 0 Å². The summed E-state index contributed by atoms with van der Waals surface area (Å²) >= 11 is 0.340. The molecule has 0 saturated carbocycles. The minimum absolute atomic E-state index is 0.340. The monoisotopic (exact) mass is 220 g/mol. The van der Waals surface area contributed by atoms with Crippen molar-refractivity contribution in [2.75, 3.05) is 0 Å². The van der Waals surface area contributed by atoms with Gasteiger partial charge in [-0.25, -0.2) is 0 Å².